The van der Waals surface area contributed by atoms with Crippen molar-refractivity contribution in [3.8, 4) is 6.07 Å². The van der Waals surface area contributed by atoms with Gasteiger partial charge in [-0.1, -0.05) is 6.08 Å². The van der Waals surface area contributed by atoms with Crippen molar-refractivity contribution in [1.29, 1.82) is 5.26 Å². The molecule has 1 N–H and O–H groups in total. The average molecular weight is 316 g/mol. The van der Waals surface area contributed by atoms with Crippen LogP contribution in [0, 0.1) is 17.1 Å². The number of anilines is 1. The van der Waals surface area contributed by atoms with Crippen molar-refractivity contribution in [2.75, 3.05) is 25.0 Å². The molecule has 0 spiro atoms. The normalized spacial score (nSPS) is 21.6. The molecule has 1 aromatic carbocycles. The Labute approximate surface area is 136 Å². The zero-order valence-electron chi connectivity index (χ0n) is 13.4. The fourth-order valence-electron chi connectivity index (χ4n) is 2.77. The minimum Gasteiger partial charge on any atom is -0.319 e. The molecule has 6 heteroatoms. The summed E-state index contributed by atoms with van der Waals surface area (Å²) in [6.07, 6.45) is 1.85. The van der Waals surface area contributed by atoms with Crippen LogP contribution in [0.2, 0.25) is 0 Å². The lowest BCUT2D eigenvalue weighted by Gasteiger charge is -2.43. The highest BCUT2D eigenvalue weighted by molar-refractivity contribution is 5.89. The number of hydrogen-bond donors (Lipinski definition) is 1. The number of nitrogens with one attached hydrogen (secondary N) is 1. The van der Waals surface area contributed by atoms with Gasteiger partial charge in [-0.25, -0.2) is 9.18 Å². The number of amides is 2. The van der Waals surface area contributed by atoms with Gasteiger partial charge < -0.3 is 10.2 Å². The first-order valence-corrected chi connectivity index (χ1v) is 7.58. The van der Waals surface area contributed by atoms with E-state index in [-0.39, 0.29) is 29.4 Å². The number of nitriles is 1. The van der Waals surface area contributed by atoms with E-state index in [0.29, 0.717) is 6.54 Å². The fourth-order valence-corrected chi connectivity index (χ4v) is 2.77. The van der Waals surface area contributed by atoms with Crippen molar-refractivity contribution in [1.82, 2.24) is 9.80 Å². The van der Waals surface area contributed by atoms with Gasteiger partial charge in [0.15, 0.2) is 0 Å². The van der Waals surface area contributed by atoms with Crippen LogP contribution in [-0.4, -0.2) is 47.5 Å². The Morgan fingerprint density at radius 3 is 2.83 bits per heavy atom. The number of nitrogens with zero attached hydrogens (tertiary/aromatic N) is 3. The number of rotatable bonds is 3. The van der Waals surface area contributed by atoms with Gasteiger partial charge in [-0.15, -0.1) is 6.58 Å². The summed E-state index contributed by atoms with van der Waals surface area (Å²) < 4.78 is 13.9. The van der Waals surface area contributed by atoms with Gasteiger partial charge in [0.25, 0.3) is 0 Å². The number of carbonyl (C=O) groups is 1. The molecule has 23 heavy (non-hydrogen) atoms. The smallest absolute Gasteiger partial charge is 0.319 e. The Morgan fingerprint density at radius 1 is 1.48 bits per heavy atom. The molecular formula is C17H21FN4O. The number of urea groups is 1. The van der Waals surface area contributed by atoms with Crippen molar-refractivity contribution in [3.05, 3.63) is 42.2 Å². The molecule has 1 saturated heterocycles. The van der Waals surface area contributed by atoms with Gasteiger partial charge >= 0.3 is 6.03 Å². The topological polar surface area (TPSA) is 59.4 Å². The van der Waals surface area contributed by atoms with Crippen molar-refractivity contribution in [3.63, 3.8) is 0 Å². The molecule has 1 aliphatic rings. The van der Waals surface area contributed by atoms with Crippen LogP contribution >= 0.6 is 0 Å². The highest BCUT2D eigenvalue weighted by atomic mass is 19.1. The SMILES string of the molecule is C=CCN1C[C@@H](C)N(C(=O)Nc2ccc(C#N)cc2F)C[C@H]1C. The van der Waals surface area contributed by atoms with E-state index >= 15 is 0 Å². The maximum atomic E-state index is 13.9. The van der Waals surface area contributed by atoms with Crippen LogP contribution in [0.15, 0.2) is 30.9 Å². The third kappa shape index (κ3) is 3.88. The average Bonchev–Trinajstić information content (AvgIpc) is 2.52. The minimum absolute atomic E-state index is 0.0209. The molecule has 1 aromatic rings. The highest BCUT2D eigenvalue weighted by Crippen LogP contribution is 2.19. The largest absolute Gasteiger partial charge is 0.322 e. The van der Waals surface area contributed by atoms with Gasteiger partial charge in [-0.2, -0.15) is 5.26 Å². The zero-order valence-corrected chi connectivity index (χ0v) is 13.4. The molecule has 5 nitrogen and oxygen atoms in total. The van der Waals surface area contributed by atoms with E-state index in [1.165, 1.54) is 12.1 Å². The van der Waals surface area contributed by atoms with Crippen LogP contribution in [0.4, 0.5) is 14.9 Å². The Kier molecular flexibility index (Phi) is 5.35. The third-order valence-electron chi connectivity index (χ3n) is 4.08. The number of carbonyl (C=O) groups excluding carboxylic acids is 1. The molecular weight excluding hydrogens is 295 g/mol. The zero-order chi connectivity index (χ0) is 17.0. The van der Waals surface area contributed by atoms with E-state index in [0.717, 1.165) is 19.2 Å². The summed E-state index contributed by atoms with van der Waals surface area (Å²) >= 11 is 0. The summed E-state index contributed by atoms with van der Waals surface area (Å²) in [7, 11) is 0. The minimum atomic E-state index is -0.608. The molecule has 2 atom stereocenters. The molecule has 0 aliphatic carbocycles. The number of halogens is 1. The summed E-state index contributed by atoms with van der Waals surface area (Å²) in [6, 6.07) is 5.77. The van der Waals surface area contributed by atoms with Crippen molar-refractivity contribution in [2.24, 2.45) is 0 Å². The molecule has 2 rings (SSSR count). The highest BCUT2D eigenvalue weighted by Gasteiger charge is 2.31. The number of hydrogen-bond acceptors (Lipinski definition) is 3. The van der Waals surface area contributed by atoms with Crippen LogP contribution in [-0.2, 0) is 0 Å². The molecule has 1 aliphatic heterocycles. The van der Waals surface area contributed by atoms with E-state index in [1.807, 2.05) is 19.1 Å². The molecule has 0 radical (unpaired) electrons. The van der Waals surface area contributed by atoms with E-state index in [1.54, 1.807) is 4.90 Å². The monoisotopic (exact) mass is 316 g/mol. The summed E-state index contributed by atoms with van der Waals surface area (Å²) in [5, 5.41) is 11.3. The van der Waals surface area contributed by atoms with Crippen molar-refractivity contribution >= 4 is 11.7 Å². The molecule has 1 fully saturated rings. The third-order valence-corrected chi connectivity index (χ3v) is 4.08. The summed E-state index contributed by atoms with van der Waals surface area (Å²) in [4.78, 5) is 16.4. The molecule has 0 saturated carbocycles. The molecule has 0 bridgehead atoms. The van der Waals surface area contributed by atoms with Gasteiger partial charge in [0.1, 0.15) is 5.82 Å². The van der Waals surface area contributed by atoms with Crippen LogP contribution in [0.5, 0.6) is 0 Å². The first-order chi connectivity index (χ1) is 11.0. The first-order valence-electron chi connectivity index (χ1n) is 7.58. The lowest BCUT2D eigenvalue weighted by molar-refractivity contribution is 0.0765. The van der Waals surface area contributed by atoms with Gasteiger partial charge in [-0.05, 0) is 32.0 Å². The Hall–Kier alpha value is -2.39. The molecule has 2 amide bonds. The van der Waals surface area contributed by atoms with Crippen molar-refractivity contribution in [2.45, 2.75) is 25.9 Å². The second-order valence-electron chi connectivity index (χ2n) is 5.83. The molecule has 122 valence electrons. The summed E-state index contributed by atoms with van der Waals surface area (Å²) in [5.74, 6) is -0.608. The van der Waals surface area contributed by atoms with E-state index < -0.39 is 5.82 Å². The number of benzene rings is 1. The molecule has 1 heterocycles. The van der Waals surface area contributed by atoms with Crippen molar-refractivity contribution < 1.29 is 9.18 Å². The molecule has 0 aromatic heterocycles. The first kappa shape index (κ1) is 17.0. The fraction of sp³-hybridized carbons (Fsp3) is 0.412. The van der Waals surface area contributed by atoms with Gasteiger partial charge in [0.2, 0.25) is 0 Å². The Morgan fingerprint density at radius 2 is 2.22 bits per heavy atom. The maximum Gasteiger partial charge on any atom is 0.322 e. The summed E-state index contributed by atoms with van der Waals surface area (Å²) in [5.41, 5.74) is 0.308. The lowest BCUT2D eigenvalue weighted by Crippen LogP contribution is -2.58. The quantitative estimate of drug-likeness (QED) is 0.872. The van der Waals surface area contributed by atoms with Gasteiger partial charge in [0, 0.05) is 31.7 Å². The van der Waals surface area contributed by atoms with Gasteiger partial charge in [-0.3, -0.25) is 4.90 Å². The Balaban J connectivity index is 2.06. The van der Waals surface area contributed by atoms with Crippen LogP contribution < -0.4 is 5.32 Å². The molecule has 0 unspecified atom stereocenters. The van der Waals surface area contributed by atoms with E-state index in [4.69, 9.17) is 5.26 Å². The second kappa shape index (κ2) is 7.25. The van der Waals surface area contributed by atoms with Crippen LogP contribution in [0.3, 0.4) is 0 Å². The standard InChI is InChI=1S/C17H21FN4O/c1-4-7-21-10-13(3)22(11-12(21)2)17(23)20-16-6-5-14(9-19)8-15(16)18/h4-6,8,12-13H,1,7,10-11H2,2-3H3,(H,20,23)/t12-,13-/m1/s1. The predicted octanol–water partition coefficient (Wildman–Crippen LogP) is 2.81. The maximum absolute atomic E-state index is 13.9. The van der Waals surface area contributed by atoms with E-state index in [2.05, 4.69) is 23.7 Å². The van der Waals surface area contributed by atoms with Crippen LogP contribution in [0.25, 0.3) is 0 Å². The van der Waals surface area contributed by atoms with Crippen LogP contribution in [0.1, 0.15) is 19.4 Å². The van der Waals surface area contributed by atoms with Gasteiger partial charge in [0.05, 0.1) is 17.3 Å². The predicted molar refractivity (Wildman–Crippen MR) is 87.5 cm³/mol. The second-order valence-corrected chi connectivity index (χ2v) is 5.83. The number of piperazine rings is 1. The Bertz CT molecular complexity index is 640. The van der Waals surface area contributed by atoms with E-state index in [9.17, 15) is 9.18 Å². The lowest BCUT2D eigenvalue weighted by atomic mass is 10.1. The summed E-state index contributed by atoms with van der Waals surface area (Å²) in [6.45, 7) is 9.87.